The first-order valence-electron chi connectivity index (χ1n) is 10.4. The van der Waals surface area contributed by atoms with Gasteiger partial charge in [0.1, 0.15) is 0 Å². The molecule has 30 heavy (non-hydrogen) atoms. The maximum atomic E-state index is 12.4. The van der Waals surface area contributed by atoms with Gasteiger partial charge in [-0.3, -0.25) is 14.3 Å². The van der Waals surface area contributed by atoms with E-state index in [4.69, 9.17) is 12.2 Å². The van der Waals surface area contributed by atoms with Crippen molar-refractivity contribution in [1.29, 1.82) is 0 Å². The van der Waals surface area contributed by atoms with Gasteiger partial charge in [0.25, 0.3) is 5.91 Å². The number of likely N-dealkylation sites (tertiary alicyclic amines) is 1. The van der Waals surface area contributed by atoms with E-state index in [0.29, 0.717) is 0 Å². The Balaban J connectivity index is 1.36. The van der Waals surface area contributed by atoms with Gasteiger partial charge >= 0.3 is 0 Å². The number of benzene rings is 2. The van der Waals surface area contributed by atoms with Gasteiger partial charge in [0.05, 0.1) is 12.4 Å². The molecule has 3 aromatic rings. The monoisotopic (exact) mass is 420 g/mol. The van der Waals surface area contributed by atoms with Crippen molar-refractivity contribution in [1.82, 2.24) is 19.4 Å². The van der Waals surface area contributed by atoms with Gasteiger partial charge < -0.3 is 9.88 Å². The second kappa shape index (κ2) is 8.98. The number of imidazole rings is 1. The summed E-state index contributed by atoms with van der Waals surface area (Å²) in [6, 6.07) is 16.1. The van der Waals surface area contributed by atoms with Crippen LogP contribution in [0, 0.1) is 18.6 Å². The first-order valence-corrected chi connectivity index (χ1v) is 10.9. The van der Waals surface area contributed by atoms with Crippen molar-refractivity contribution in [3.05, 3.63) is 82.4 Å². The summed E-state index contributed by atoms with van der Waals surface area (Å²) in [5, 5.41) is 3.17. The van der Waals surface area contributed by atoms with Gasteiger partial charge in [0.15, 0.2) is 4.77 Å². The van der Waals surface area contributed by atoms with E-state index >= 15 is 0 Å². The molecule has 1 saturated heterocycles. The highest BCUT2D eigenvalue weighted by atomic mass is 32.1. The Morgan fingerprint density at radius 2 is 1.80 bits per heavy atom. The molecule has 0 spiro atoms. The largest absolute Gasteiger partial charge is 0.349 e. The van der Waals surface area contributed by atoms with E-state index in [1.54, 1.807) is 0 Å². The maximum Gasteiger partial charge on any atom is 0.251 e. The molecule has 0 unspecified atom stereocenters. The van der Waals surface area contributed by atoms with Crippen molar-refractivity contribution < 1.29 is 4.79 Å². The molecule has 1 aromatic heterocycles. The number of piperidine rings is 1. The minimum atomic E-state index is 0.0156. The molecule has 1 aliphatic heterocycles. The Hall–Kier alpha value is -2.70. The van der Waals surface area contributed by atoms with Gasteiger partial charge in [-0.2, -0.15) is 0 Å². The Bertz CT molecular complexity index is 1080. The predicted molar refractivity (Wildman–Crippen MR) is 123 cm³/mol. The molecule has 156 valence electrons. The highest BCUT2D eigenvalue weighted by molar-refractivity contribution is 7.71. The van der Waals surface area contributed by atoms with Crippen LogP contribution in [0.1, 0.15) is 34.3 Å². The van der Waals surface area contributed by atoms with Gasteiger partial charge in [-0.05, 0) is 68.2 Å². The molecular weight excluding hydrogens is 392 g/mol. The van der Waals surface area contributed by atoms with Crippen LogP contribution in [0.25, 0.3) is 5.69 Å². The second-order valence-corrected chi connectivity index (χ2v) is 8.45. The van der Waals surface area contributed by atoms with Crippen molar-refractivity contribution in [2.45, 2.75) is 39.4 Å². The van der Waals surface area contributed by atoms with Crippen molar-refractivity contribution in [2.24, 2.45) is 0 Å². The summed E-state index contributed by atoms with van der Waals surface area (Å²) < 4.78 is 5.02. The lowest BCUT2D eigenvalue weighted by Gasteiger charge is -2.32. The zero-order valence-corrected chi connectivity index (χ0v) is 18.4. The standard InChI is InChI=1S/C24H28N4OS/c1-18-8-9-19(2)22(16-18)28-15-14-27(24(28)30)17-26-12-10-21(11-13-26)25-23(29)20-6-4-3-5-7-20/h3-9,14-16,21H,10-13,17H2,1-2H3,(H,25,29). The summed E-state index contributed by atoms with van der Waals surface area (Å²) in [6.07, 6.45) is 6.01. The Morgan fingerprint density at radius 3 is 2.53 bits per heavy atom. The molecule has 1 amide bonds. The summed E-state index contributed by atoms with van der Waals surface area (Å²) in [7, 11) is 0. The van der Waals surface area contributed by atoms with Crippen molar-refractivity contribution >= 4 is 18.1 Å². The van der Waals surface area contributed by atoms with Crippen LogP contribution in [0.5, 0.6) is 0 Å². The van der Waals surface area contributed by atoms with Crippen molar-refractivity contribution in [3.63, 3.8) is 0 Å². The van der Waals surface area contributed by atoms with E-state index in [-0.39, 0.29) is 11.9 Å². The lowest BCUT2D eigenvalue weighted by molar-refractivity contribution is 0.0899. The van der Waals surface area contributed by atoms with Gasteiger partial charge in [-0.15, -0.1) is 0 Å². The van der Waals surface area contributed by atoms with E-state index in [1.165, 1.54) is 11.1 Å². The minimum Gasteiger partial charge on any atom is -0.349 e. The van der Waals surface area contributed by atoms with Crippen LogP contribution < -0.4 is 5.32 Å². The third-order valence-corrected chi connectivity index (χ3v) is 6.21. The van der Waals surface area contributed by atoms with E-state index in [0.717, 1.165) is 48.6 Å². The predicted octanol–water partition coefficient (Wildman–Crippen LogP) is 4.48. The number of hydrogen-bond donors (Lipinski definition) is 1. The third-order valence-electron chi connectivity index (χ3n) is 5.78. The lowest BCUT2D eigenvalue weighted by Crippen LogP contribution is -2.45. The first kappa shape index (κ1) is 20.6. The normalized spacial score (nSPS) is 15.3. The summed E-state index contributed by atoms with van der Waals surface area (Å²) >= 11 is 5.76. The van der Waals surface area contributed by atoms with Crippen LogP contribution in [0.4, 0.5) is 0 Å². The van der Waals surface area contributed by atoms with Crippen LogP contribution in [-0.2, 0) is 6.67 Å². The Kier molecular flexibility index (Phi) is 6.16. The Morgan fingerprint density at radius 1 is 1.07 bits per heavy atom. The molecule has 1 fully saturated rings. The van der Waals surface area contributed by atoms with E-state index in [9.17, 15) is 4.79 Å². The smallest absolute Gasteiger partial charge is 0.251 e. The highest BCUT2D eigenvalue weighted by Gasteiger charge is 2.21. The molecule has 2 aromatic carbocycles. The average Bonchev–Trinajstić information content (AvgIpc) is 3.12. The van der Waals surface area contributed by atoms with Crippen LogP contribution in [0.2, 0.25) is 0 Å². The van der Waals surface area contributed by atoms with Gasteiger partial charge in [-0.25, -0.2) is 0 Å². The third kappa shape index (κ3) is 4.55. The van der Waals surface area contributed by atoms with Gasteiger partial charge in [0.2, 0.25) is 0 Å². The maximum absolute atomic E-state index is 12.4. The number of carbonyl (C=O) groups excluding carboxylic acids is 1. The molecule has 5 nitrogen and oxygen atoms in total. The lowest BCUT2D eigenvalue weighted by atomic mass is 10.0. The molecule has 6 heteroatoms. The molecule has 4 rings (SSSR count). The molecule has 0 radical (unpaired) electrons. The average molecular weight is 421 g/mol. The second-order valence-electron chi connectivity index (χ2n) is 8.08. The van der Waals surface area contributed by atoms with Gasteiger partial charge in [-0.1, -0.05) is 30.3 Å². The fourth-order valence-electron chi connectivity index (χ4n) is 3.98. The summed E-state index contributed by atoms with van der Waals surface area (Å²) in [5.41, 5.74) is 4.30. The SMILES string of the molecule is Cc1ccc(C)c(-n2ccn(CN3CCC(NC(=O)c4ccccc4)CC3)c2=S)c1. The number of nitrogens with zero attached hydrogens (tertiary/aromatic N) is 3. The van der Waals surface area contributed by atoms with E-state index < -0.39 is 0 Å². The Labute approximate surface area is 183 Å². The highest BCUT2D eigenvalue weighted by Crippen LogP contribution is 2.18. The van der Waals surface area contributed by atoms with Crippen LogP contribution in [0.15, 0.2) is 60.9 Å². The van der Waals surface area contributed by atoms with Crippen molar-refractivity contribution in [2.75, 3.05) is 13.1 Å². The topological polar surface area (TPSA) is 42.2 Å². The van der Waals surface area contributed by atoms with E-state index in [1.807, 2.05) is 30.3 Å². The molecular formula is C24H28N4OS. The molecule has 0 atom stereocenters. The number of aryl methyl sites for hydroxylation is 2. The number of nitrogens with one attached hydrogen (secondary N) is 1. The number of hydrogen-bond acceptors (Lipinski definition) is 3. The fourth-order valence-corrected chi connectivity index (χ4v) is 4.25. The first-order chi connectivity index (χ1) is 14.5. The zero-order valence-electron chi connectivity index (χ0n) is 17.5. The fraction of sp³-hybridized carbons (Fsp3) is 0.333. The minimum absolute atomic E-state index is 0.0156. The summed E-state index contributed by atoms with van der Waals surface area (Å²) in [5.74, 6) is 0.0156. The molecule has 1 aliphatic rings. The number of rotatable bonds is 5. The summed E-state index contributed by atoms with van der Waals surface area (Å²) in [4.78, 5) is 14.8. The molecule has 2 heterocycles. The van der Waals surface area contributed by atoms with Crippen LogP contribution in [-0.4, -0.2) is 39.1 Å². The van der Waals surface area contributed by atoms with E-state index in [2.05, 4.69) is 63.8 Å². The molecule has 1 N–H and O–H groups in total. The number of amides is 1. The quantitative estimate of drug-likeness (QED) is 0.619. The van der Waals surface area contributed by atoms with Crippen LogP contribution >= 0.6 is 12.2 Å². The molecule has 0 bridgehead atoms. The van der Waals surface area contributed by atoms with Crippen molar-refractivity contribution in [3.8, 4) is 5.69 Å². The molecule has 0 aliphatic carbocycles. The zero-order chi connectivity index (χ0) is 21.1. The summed E-state index contributed by atoms with van der Waals surface area (Å²) in [6.45, 7) is 6.87. The number of carbonyl (C=O) groups is 1. The van der Waals surface area contributed by atoms with Gasteiger partial charge in [0, 0.05) is 37.1 Å². The van der Waals surface area contributed by atoms with Crippen LogP contribution in [0.3, 0.4) is 0 Å². The molecule has 0 saturated carbocycles. The number of aromatic nitrogens is 2.